The van der Waals surface area contributed by atoms with Crippen molar-refractivity contribution < 1.29 is 19.1 Å². The van der Waals surface area contributed by atoms with E-state index in [9.17, 15) is 9.59 Å². The Morgan fingerprint density at radius 1 is 0.844 bits per heavy atom. The molecular formula is C23H15Cl3N2O4. The zero-order valence-electron chi connectivity index (χ0n) is 16.3. The van der Waals surface area contributed by atoms with E-state index in [1.54, 1.807) is 54.6 Å². The molecule has 0 bridgehead atoms. The van der Waals surface area contributed by atoms with Gasteiger partial charge in [-0.15, -0.1) is 0 Å². The van der Waals surface area contributed by atoms with Crippen LogP contribution >= 0.6 is 34.8 Å². The molecule has 3 aromatic carbocycles. The van der Waals surface area contributed by atoms with Crippen molar-refractivity contribution in [1.29, 1.82) is 0 Å². The molecule has 162 valence electrons. The van der Waals surface area contributed by atoms with Crippen LogP contribution in [-0.4, -0.2) is 18.6 Å². The van der Waals surface area contributed by atoms with Gasteiger partial charge in [-0.1, -0.05) is 53.0 Å². The molecule has 0 saturated heterocycles. The van der Waals surface area contributed by atoms with E-state index in [-0.39, 0.29) is 28.1 Å². The average molecular weight is 490 g/mol. The highest BCUT2D eigenvalue weighted by Crippen LogP contribution is 2.33. The minimum absolute atomic E-state index is 0.0140. The monoisotopic (exact) mass is 488 g/mol. The molecule has 0 saturated carbocycles. The van der Waals surface area contributed by atoms with Crippen molar-refractivity contribution in [2.45, 2.75) is 0 Å². The van der Waals surface area contributed by atoms with Crippen LogP contribution in [0.25, 0.3) is 6.08 Å². The van der Waals surface area contributed by atoms with Crippen molar-refractivity contribution in [3.63, 3.8) is 0 Å². The molecule has 0 atom stereocenters. The van der Waals surface area contributed by atoms with Gasteiger partial charge in [-0.25, -0.2) is 0 Å². The Hall–Kier alpha value is -3.19. The molecule has 1 aliphatic rings. The zero-order valence-corrected chi connectivity index (χ0v) is 18.6. The predicted octanol–water partition coefficient (Wildman–Crippen LogP) is 5.79. The second-order valence-corrected chi connectivity index (χ2v) is 7.91. The number of carbonyl (C=O) groups is 2. The number of benzene rings is 3. The maximum Gasteiger partial charge on any atom is 0.272 e. The average Bonchev–Trinajstić information content (AvgIpc) is 3.24. The van der Waals surface area contributed by atoms with E-state index in [1.165, 1.54) is 12.1 Å². The van der Waals surface area contributed by atoms with Crippen molar-refractivity contribution in [3.8, 4) is 11.5 Å². The SMILES string of the molecule is O=C(Nc1ccc(Cl)c(Cl)c1)/C(=C\c1ccc2c(c1)OCO2)NC(=O)c1ccccc1Cl. The molecule has 0 aliphatic carbocycles. The molecule has 32 heavy (non-hydrogen) atoms. The number of rotatable bonds is 5. The van der Waals surface area contributed by atoms with Gasteiger partial charge in [0.05, 0.1) is 20.6 Å². The molecule has 1 aliphatic heterocycles. The smallest absolute Gasteiger partial charge is 0.272 e. The van der Waals surface area contributed by atoms with Crippen molar-refractivity contribution >= 4 is 58.4 Å². The third kappa shape index (κ3) is 4.99. The predicted molar refractivity (Wildman–Crippen MR) is 125 cm³/mol. The number of anilines is 1. The van der Waals surface area contributed by atoms with Crippen LogP contribution < -0.4 is 20.1 Å². The summed E-state index contributed by atoms with van der Waals surface area (Å²) in [6, 6.07) is 16.4. The highest BCUT2D eigenvalue weighted by molar-refractivity contribution is 6.42. The Morgan fingerprint density at radius 2 is 1.62 bits per heavy atom. The highest BCUT2D eigenvalue weighted by atomic mass is 35.5. The van der Waals surface area contributed by atoms with Crippen molar-refractivity contribution in [2.75, 3.05) is 12.1 Å². The van der Waals surface area contributed by atoms with Gasteiger partial charge in [-0.05, 0) is 54.1 Å². The Labute approximate surface area is 198 Å². The van der Waals surface area contributed by atoms with Crippen LogP contribution in [0.15, 0.2) is 66.4 Å². The van der Waals surface area contributed by atoms with Gasteiger partial charge in [0, 0.05) is 5.69 Å². The van der Waals surface area contributed by atoms with Crippen LogP contribution in [0.1, 0.15) is 15.9 Å². The van der Waals surface area contributed by atoms with Crippen molar-refractivity contribution in [2.24, 2.45) is 0 Å². The highest BCUT2D eigenvalue weighted by Gasteiger charge is 2.18. The second-order valence-electron chi connectivity index (χ2n) is 6.69. The lowest BCUT2D eigenvalue weighted by Crippen LogP contribution is -2.31. The number of hydrogen-bond donors (Lipinski definition) is 2. The minimum Gasteiger partial charge on any atom is -0.454 e. The largest absolute Gasteiger partial charge is 0.454 e. The zero-order chi connectivity index (χ0) is 22.7. The molecule has 6 nitrogen and oxygen atoms in total. The number of hydrogen-bond acceptors (Lipinski definition) is 4. The fourth-order valence-corrected chi connectivity index (χ4v) is 3.45. The molecule has 2 amide bonds. The van der Waals surface area contributed by atoms with Crippen LogP contribution in [0, 0.1) is 0 Å². The van der Waals surface area contributed by atoms with Crippen LogP contribution in [0.2, 0.25) is 15.1 Å². The van der Waals surface area contributed by atoms with Gasteiger partial charge < -0.3 is 20.1 Å². The summed E-state index contributed by atoms with van der Waals surface area (Å²) in [4.78, 5) is 25.8. The molecule has 9 heteroatoms. The summed E-state index contributed by atoms with van der Waals surface area (Å²) in [5.74, 6) is 0.0397. The first-order valence-corrected chi connectivity index (χ1v) is 10.5. The third-order valence-electron chi connectivity index (χ3n) is 4.50. The lowest BCUT2D eigenvalue weighted by atomic mass is 10.1. The number of carbonyl (C=O) groups excluding carboxylic acids is 2. The van der Waals surface area contributed by atoms with Crippen molar-refractivity contribution in [3.05, 3.63) is 92.6 Å². The quantitative estimate of drug-likeness (QED) is 0.445. The molecule has 0 fully saturated rings. The van der Waals surface area contributed by atoms with E-state index in [0.717, 1.165) is 0 Å². The third-order valence-corrected chi connectivity index (χ3v) is 5.57. The van der Waals surface area contributed by atoms with Gasteiger partial charge in [0.1, 0.15) is 5.70 Å². The molecule has 0 radical (unpaired) electrons. The lowest BCUT2D eigenvalue weighted by molar-refractivity contribution is -0.113. The summed E-state index contributed by atoms with van der Waals surface area (Å²) in [6.07, 6.45) is 1.52. The molecule has 1 heterocycles. The van der Waals surface area contributed by atoms with E-state index < -0.39 is 11.8 Å². The maximum absolute atomic E-state index is 13.0. The number of halogens is 3. The summed E-state index contributed by atoms with van der Waals surface area (Å²) in [5.41, 5.74) is 1.24. The van der Waals surface area contributed by atoms with E-state index in [1.807, 2.05) is 0 Å². The lowest BCUT2D eigenvalue weighted by Gasteiger charge is -2.12. The van der Waals surface area contributed by atoms with Gasteiger partial charge in [0.2, 0.25) is 6.79 Å². The first kappa shape index (κ1) is 22.0. The van der Waals surface area contributed by atoms with E-state index >= 15 is 0 Å². The van der Waals surface area contributed by atoms with Crippen LogP contribution in [-0.2, 0) is 4.79 Å². The fraction of sp³-hybridized carbons (Fsp3) is 0.0435. The first-order valence-electron chi connectivity index (χ1n) is 9.34. The van der Waals surface area contributed by atoms with E-state index in [0.29, 0.717) is 27.8 Å². The topological polar surface area (TPSA) is 76.7 Å². The van der Waals surface area contributed by atoms with Crippen LogP contribution in [0.3, 0.4) is 0 Å². The molecule has 0 unspecified atom stereocenters. The van der Waals surface area contributed by atoms with Crippen molar-refractivity contribution in [1.82, 2.24) is 5.32 Å². The first-order chi connectivity index (χ1) is 15.4. The number of nitrogens with one attached hydrogen (secondary N) is 2. The normalized spacial score (nSPS) is 12.4. The Kier molecular flexibility index (Phi) is 6.55. The van der Waals surface area contributed by atoms with Crippen LogP contribution in [0.5, 0.6) is 11.5 Å². The van der Waals surface area contributed by atoms with E-state index in [2.05, 4.69) is 10.6 Å². The Bertz CT molecular complexity index is 1240. The number of ether oxygens (including phenoxy) is 2. The standard InChI is InChI=1S/C23H15Cl3N2O4/c24-16-4-2-1-3-15(16)22(29)28-19(9-13-5-8-20-21(10-13)32-12-31-20)23(30)27-14-6-7-17(25)18(26)11-14/h1-11H,12H2,(H,27,30)(H,28,29)/b19-9+. The summed E-state index contributed by atoms with van der Waals surface area (Å²) >= 11 is 18.1. The molecular weight excluding hydrogens is 475 g/mol. The number of fused-ring (bicyclic) bond motifs is 1. The molecule has 2 N–H and O–H groups in total. The minimum atomic E-state index is -0.568. The maximum atomic E-state index is 13.0. The Morgan fingerprint density at radius 3 is 2.41 bits per heavy atom. The fourth-order valence-electron chi connectivity index (χ4n) is 2.94. The molecule has 0 aromatic heterocycles. The van der Waals surface area contributed by atoms with Gasteiger partial charge >= 0.3 is 0 Å². The summed E-state index contributed by atoms with van der Waals surface area (Å²) in [5, 5.41) is 6.23. The Balaban J connectivity index is 1.65. The van der Waals surface area contributed by atoms with Gasteiger partial charge in [0.25, 0.3) is 11.8 Å². The van der Waals surface area contributed by atoms with Gasteiger partial charge in [-0.3, -0.25) is 9.59 Å². The van der Waals surface area contributed by atoms with E-state index in [4.69, 9.17) is 44.3 Å². The van der Waals surface area contributed by atoms with Gasteiger partial charge in [0.15, 0.2) is 11.5 Å². The molecule has 3 aromatic rings. The summed E-state index contributed by atoms with van der Waals surface area (Å²) < 4.78 is 10.7. The summed E-state index contributed by atoms with van der Waals surface area (Å²) in [6.45, 7) is 0.121. The number of amides is 2. The molecule has 4 rings (SSSR count). The second kappa shape index (κ2) is 9.53. The summed E-state index contributed by atoms with van der Waals surface area (Å²) in [7, 11) is 0. The molecule has 0 spiro atoms. The van der Waals surface area contributed by atoms with Crippen LogP contribution in [0.4, 0.5) is 5.69 Å². The van der Waals surface area contributed by atoms with Gasteiger partial charge in [-0.2, -0.15) is 0 Å².